The van der Waals surface area contributed by atoms with E-state index in [0.29, 0.717) is 11.4 Å². The first kappa shape index (κ1) is 34.9. The van der Waals surface area contributed by atoms with Crippen molar-refractivity contribution in [3.63, 3.8) is 0 Å². The number of nitrogens with one attached hydrogen (secondary N) is 1. The summed E-state index contributed by atoms with van der Waals surface area (Å²) in [5.41, 5.74) is 7.36. The number of thiazole rings is 1. The van der Waals surface area contributed by atoms with Crippen LogP contribution >= 0.6 is 11.3 Å². The van der Waals surface area contributed by atoms with Crippen molar-refractivity contribution in [3.05, 3.63) is 52.0 Å². The number of hydrogen-bond acceptors (Lipinski definition) is 8. The molecule has 2 aromatic rings. The number of likely N-dealkylation sites (N-methyl/N-ethyl adjacent to an activating group) is 1. The fourth-order valence-corrected chi connectivity index (χ4v) is 5.65. The van der Waals surface area contributed by atoms with Gasteiger partial charge in [0.15, 0.2) is 6.10 Å². The lowest BCUT2D eigenvalue weighted by atomic mass is 9.93. The Bertz CT molecular complexity index is 1190. The molecule has 0 fully saturated rings. The molecule has 4 N–H and O–H groups in total. The highest BCUT2D eigenvalue weighted by Crippen LogP contribution is 2.31. The van der Waals surface area contributed by atoms with E-state index < -0.39 is 42.0 Å². The van der Waals surface area contributed by atoms with Gasteiger partial charge in [0.25, 0.3) is 5.91 Å². The molecular weight excluding hydrogens is 556 g/mol. The summed E-state index contributed by atoms with van der Waals surface area (Å²) in [6.07, 6.45) is 0.997. The molecule has 0 saturated heterocycles. The second kappa shape index (κ2) is 16.4. The normalized spacial score (nSPS) is 15.6. The van der Waals surface area contributed by atoms with Gasteiger partial charge in [-0.15, -0.1) is 11.3 Å². The molecule has 0 aliphatic heterocycles. The summed E-state index contributed by atoms with van der Waals surface area (Å²) in [4.78, 5) is 56.2. The van der Waals surface area contributed by atoms with Crippen LogP contribution in [-0.4, -0.2) is 63.9 Å². The molecule has 232 valence electrons. The summed E-state index contributed by atoms with van der Waals surface area (Å²) in [5, 5.41) is 14.4. The molecule has 0 saturated carbocycles. The van der Waals surface area contributed by atoms with Crippen molar-refractivity contribution in [2.24, 2.45) is 23.5 Å². The average molecular weight is 603 g/mol. The summed E-state index contributed by atoms with van der Waals surface area (Å²) >= 11 is 1.20. The zero-order valence-electron chi connectivity index (χ0n) is 25.7. The second-order valence-corrected chi connectivity index (χ2v) is 12.3. The van der Waals surface area contributed by atoms with Crippen LogP contribution in [0.25, 0.3) is 0 Å². The molecule has 0 aliphatic rings. The number of hydrogen-bond donors (Lipinski definition) is 3. The Balaban J connectivity index is 2.26. The molecular formula is C31H46N4O6S. The van der Waals surface area contributed by atoms with Gasteiger partial charge >= 0.3 is 11.9 Å². The summed E-state index contributed by atoms with van der Waals surface area (Å²) in [6.45, 7) is 10.8. The van der Waals surface area contributed by atoms with E-state index in [1.54, 1.807) is 24.3 Å². The lowest BCUT2D eigenvalue weighted by Gasteiger charge is -2.35. The molecule has 11 heteroatoms. The quantitative estimate of drug-likeness (QED) is 0.239. The van der Waals surface area contributed by atoms with Crippen LogP contribution in [0.2, 0.25) is 0 Å². The van der Waals surface area contributed by atoms with Gasteiger partial charge in [0.2, 0.25) is 5.91 Å². The van der Waals surface area contributed by atoms with Crippen molar-refractivity contribution < 1.29 is 29.0 Å². The largest absolute Gasteiger partial charge is 0.481 e. The minimum absolute atomic E-state index is 0.0151. The summed E-state index contributed by atoms with van der Waals surface area (Å²) < 4.78 is 5.65. The lowest BCUT2D eigenvalue weighted by molar-refractivity contribution is -0.148. The topological polar surface area (TPSA) is 152 Å². The Labute approximate surface area is 253 Å². The highest BCUT2D eigenvalue weighted by molar-refractivity contribution is 7.09. The number of aliphatic carboxylic acids is 1. The first-order valence-electron chi connectivity index (χ1n) is 14.5. The minimum Gasteiger partial charge on any atom is -0.481 e. The molecule has 10 nitrogen and oxygen atoms in total. The van der Waals surface area contributed by atoms with Crippen molar-refractivity contribution in [1.82, 2.24) is 15.2 Å². The van der Waals surface area contributed by atoms with E-state index in [1.807, 2.05) is 58.0 Å². The molecule has 42 heavy (non-hydrogen) atoms. The van der Waals surface area contributed by atoms with Crippen molar-refractivity contribution in [3.8, 4) is 0 Å². The maximum atomic E-state index is 13.3. The molecule has 1 heterocycles. The van der Waals surface area contributed by atoms with Crippen LogP contribution in [0.3, 0.4) is 0 Å². The lowest BCUT2D eigenvalue weighted by Crippen LogP contribution is -2.51. The van der Waals surface area contributed by atoms with Gasteiger partial charge < -0.3 is 25.8 Å². The number of carboxylic acid groups (broad SMARTS) is 1. The van der Waals surface area contributed by atoms with Crippen LogP contribution in [0.5, 0.6) is 0 Å². The Hall–Kier alpha value is -3.31. The van der Waals surface area contributed by atoms with Crippen molar-refractivity contribution >= 4 is 35.1 Å². The number of benzene rings is 1. The number of rotatable bonds is 16. The number of carbonyl (C=O) groups excluding carboxylic acids is 3. The number of carbonyl (C=O) groups is 4. The number of carboxylic acids is 1. The second-order valence-electron chi connectivity index (χ2n) is 11.4. The van der Waals surface area contributed by atoms with E-state index >= 15 is 0 Å². The smallest absolute Gasteiger partial charge is 0.306 e. The first-order valence-corrected chi connectivity index (χ1v) is 15.3. The van der Waals surface area contributed by atoms with Crippen molar-refractivity contribution in [2.75, 3.05) is 7.05 Å². The molecule has 1 aromatic carbocycles. The predicted molar refractivity (Wildman–Crippen MR) is 163 cm³/mol. The molecule has 2 amide bonds. The molecule has 0 radical (unpaired) electrons. The third-order valence-electron chi connectivity index (χ3n) is 7.67. The van der Waals surface area contributed by atoms with Crippen LogP contribution in [-0.2, 0) is 25.5 Å². The number of nitrogens with zero attached hydrogens (tertiary/aromatic N) is 2. The van der Waals surface area contributed by atoms with Gasteiger partial charge in [0, 0.05) is 37.9 Å². The highest BCUT2D eigenvalue weighted by Gasteiger charge is 2.33. The predicted octanol–water partition coefficient (Wildman–Crippen LogP) is 4.45. The minimum atomic E-state index is -0.934. The van der Waals surface area contributed by atoms with Gasteiger partial charge in [0.05, 0.1) is 12.0 Å². The standard InChI is InChI=1S/C31H46N4O6S/c1-8-19(4)27(32)30(38)35(7)25(18(2)3)16-26(41-21(6)36)29-34-24(17-42-29)28(37)33-23(14-20(5)31(39)40)15-22-12-10-9-11-13-22/h9-13,17-20,23,25-27H,8,14-16,32H2,1-7H3,(H,33,37)(H,39,40). The first-order chi connectivity index (χ1) is 19.7. The van der Waals surface area contributed by atoms with Crippen LogP contribution < -0.4 is 11.1 Å². The van der Waals surface area contributed by atoms with Gasteiger partial charge in [0.1, 0.15) is 10.7 Å². The Kier molecular flexibility index (Phi) is 13.6. The zero-order chi connectivity index (χ0) is 31.6. The van der Waals surface area contributed by atoms with Gasteiger partial charge in [-0.3, -0.25) is 19.2 Å². The van der Waals surface area contributed by atoms with Gasteiger partial charge in [-0.2, -0.15) is 0 Å². The monoisotopic (exact) mass is 602 g/mol. The maximum Gasteiger partial charge on any atom is 0.306 e. The van der Waals surface area contributed by atoms with Gasteiger partial charge in [-0.05, 0) is 30.2 Å². The van der Waals surface area contributed by atoms with Gasteiger partial charge in [-0.25, -0.2) is 4.98 Å². The fourth-order valence-electron chi connectivity index (χ4n) is 4.81. The van der Waals surface area contributed by atoms with Gasteiger partial charge in [-0.1, -0.05) is 71.4 Å². The van der Waals surface area contributed by atoms with E-state index in [0.717, 1.165) is 12.0 Å². The number of aromatic nitrogens is 1. The molecule has 6 atom stereocenters. The highest BCUT2D eigenvalue weighted by atomic mass is 32.1. The molecule has 0 bridgehead atoms. The van der Waals surface area contributed by atoms with Crippen molar-refractivity contribution in [1.29, 1.82) is 0 Å². The Morgan fingerprint density at radius 1 is 1.10 bits per heavy atom. The summed E-state index contributed by atoms with van der Waals surface area (Å²) in [6, 6.07) is 8.16. The van der Waals surface area contributed by atoms with Crippen LogP contribution in [0.1, 0.15) is 88.0 Å². The van der Waals surface area contributed by atoms with Crippen LogP contribution in [0, 0.1) is 17.8 Å². The van der Waals surface area contributed by atoms with E-state index in [9.17, 15) is 24.3 Å². The van der Waals surface area contributed by atoms with E-state index in [1.165, 1.54) is 18.3 Å². The fraction of sp³-hybridized carbons (Fsp3) is 0.581. The summed E-state index contributed by atoms with van der Waals surface area (Å²) in [7, 11) is 1.71. The summed E-state index contributed by atoms with van der Waals surface area (Å²) in [5.74, 6) is -2.66. The molecule has 2 rings (SSSR count). The van der Waals surface area contributed by atoms with E-state index in [4.69, 9.17) is 10.5 Å². The number of ether oxygens (including phenoxy) is 1. The molecule has 6 unspecified atom stereocenters. The molecule has 1 aromatic heterocycles. The number of amides is 2. The third-order valence-corrected chi connectivity index (χ3v) is 8.61. The molecule has 0 spiro atoms. The maximum absolute atomic E-state index is 13.3. The Morgan fingerprint density at radius 2 is 1.74 bits per heavy atom. The van der Waals surface area contributed by atoms with E-state index in [2.05, 4.69) is 10.3 Å². The zero-order valence-corrected chi connectivity index (χ0v) is 26.5. The SMILES string of the molecule is CCC(C)C(N)C(=O)N(C)C(CC(OC(C)=O)c1nc(C(=O)NC(Cc2ccccc2)CC(C)C(=O)O)cs1)C(C)C. The third kappa shape index (κ3) is 10.2. The number of nitrogens with two attached hydrogens (primary N) is 1. The molecule has 0 aliphatic carbocycles. The number of esters is 1. The van der Waals surface area contributed by atoms with E-state index in [-0.39, 0.29) is 42.3 Å². The Morgan fingerprint density at radius 3 is 2.29 bits per heavy atom. The van der Waals surface area contributed by atoms with Crippen LogP contribution in [0.15, 0.2) is 35.7 Å². The van der Waals surface area contributed by atoms with Crippen molar-refractivity contribution in [2.45, 2.75) is 91.5 Å². The average Bonchev–Trinajstić information content (AvgIpc) is 3.44. The van der Waals surface area contributed by atoms with Crippen LogP contribution in [0.4, 0.5) is 0 Å².